The van der Waals surface area contributed by atoms with Gasteiger partial charge in [0.15, 0.2) is 0 Å². The highest BCUT2D eigenvalue weighted by molar-refractivity contribution is 7.12. The Kier molecular flexibility index (Phi) is 4.23. The Bertz CT molecular complexity index is 270. The van der Waals surface area contributed by atoms with E-state index in [0.717, 1.165) is 5.92 Å². The standard InChI is InChI=1S/C12H18S/c1-4-6-7-11(5-2)12-9-8-10(3)13-12/h4,6,8-9,11H,5,7H2,1-3H3/b6-4-. The second-order valence-corrected chi connectivity index (χ2v) is 4.68. The van der Waals surface area contributed by atoms with Gasteiger partial charge >= 0.3 is 0 Å². The number of aryl methyl sites for hydroxylation is 1. The maximum absolute atomic E-state index is 2.28. The normalized spacial score (nSPS) is 13.8. The van der Waals surface area contributed by atoms with Crippen molar-refractivity contribution in [1.82, 2.24) is 0 Å². The molecule has 1 heterocycles. The van der Waals surface area contributed by atoms with E-state index in [4.69, 9.17) is 0 Å². The highest BCUT2D eigenvalue weighted by atomic mass is 32.1. The van der Waals surface area contributed by atoms with Gasteiger partial charge in [-0.05, 0) is 44.7 Å². The third-order valence-electron chi connectivity index (χ3n) is 2.31. The van der Waals surface area contributed by atoms with E-state index >= 15 is 0 Å². The van der Waals surface area contributed by atoms with Crippen LogP contribution in [0.5, 0.6) is 0 Å². The quantitative estimate of drug-likeness (QED) is 0.618. The van der Waals surface area contributed by atoms with Crippen molar-refractivity contribution in [2.24, 2.45) is 0 Å². The predicted octanol–water partition coefficient (Wildman–Crippen LogP) is 4.52. The molecule has 0 radical (unpaired) electrons. The van der Waals surface area contributed by atoms with Gasteiger partial charge in [-0.1, -0.05) is 19.1 Å². The zero-order valence-electron chi connectivity index (χ0n) is 8.71. The molecule has 0 fully saturated rings. The van der Waals surface area contributed by atoms with Gasteiger partial charge in [-0.15, -0.1) is 11.3 Å². The molecule has 0 amide bonds. The number of hydrogen-bond donors (Lipinski definition) is 0. The molecular weight excluding hydrogens is 176 g/mol. The third-order valence-corrected chi connectivity index (χ3v) is 3.48. The van der Waals surface area contributed by atoms with Crippen LogP contribution in [-0.2, 0) is 0 Å². The zero-order valence-corrected chi connectivity index (χ0v) is 9.53. The fourth-order valence-electron chi connectivity index (χ4n) is 1.46. The Balaban J connectivity index is 2.66. The Hall–Kier alpha value is -0.560. The van der Waals surface area contributed by atoms with Gasteiger partial charge < -0.3 is 0 Å². The largest absolute Gasteiger partial charge is 0.145 e. The average molecular weight is 194 g/mol. The van der Waals surface area contributed by atoms with Gasteiger partial charge in [0.1, 0.15) is 0 Å². The first-order valence-electron chi connectivity index (χ1n) is 4.95. The summed E-state index contributed by atoms with van der Waals surface area (Å²) in [5.74, 6) is 0.731. The van der Waals surface area contributed by atoms with E-state index < -0.39 is 0 Å². The first kappa shape index (κ1) is 10.5. The zero-order chi connectivity index (χ0) is 9.68. The summed E-state index contributed by atoms with van der Waals surface area (Å²) >= 11 is 1.94. The Morgan fingerprint density at radius 1 is 1.46 bits per heavy atom. The summed E-state index contributed by atoms with van der Waals surface area (Å²) in [6.45, 7) is 6.53. The molecule has 1 heteroatoms. The van der Waals surface area contributed by atoms with E-state index in [-0.39, 0.29) is 0 Å². The van der Waals surface area contributed by atoms with Crippen molar-refractivity contribution in [2.75, 3.05) is 0 Å². The summed E-state index contributed by atoms with van der Waals surface area (Å²) in [5.41, 5.74) is 0. The first-order valence-corrected chi connectivity index (χ1v) is 5.77. The van der Waals surface area contributed by atoms with Crippen LogP contribution in [0, 0.1) is 6.92 Å². The summed E-state index contributed by atoms with van der Waals surface area (Å²) in [7, 11) is 0. The second kappa shape index (κ2) is 5.23. The molecule has 0 aliphatic carbocycles. The summed E-state index contributed by atoms with van der Waals surface area (Å²) in [6, 6.07) is 4.50. The lowest BCUT2D eigenvalue weighted by Gasteiger charge is -2.09. The number of thiophene rings is 1. The van der Waals surface area contributed by atoms with Crippen LogP contribution in [-0.4, -0.2) is 0 Å². The molecule has 0 saturated heterocycles. The summed E-state index contributed by atoms with van der Waals surface area (Å²) in [6.07, 6.45) is 6.84. The molecule has 0 aromatic carbocycles. The fourth-order valence-corrected chi connectivity index (χ4v) is 2.53. The van der Waals surface area contributed by atoms with E-state index in [2.05, 4.69) is 45.1 Å². The molecule has 0 spiro atoms. The summed E-state index contributed by atoms with van der Waals surface area (Å²) in [4.78, 5) is 2.96. The Morgan fingerprint density at radius 3 is 2.69 bits per heavy atom. The molecule has 1 rings (SSSR count). The smallest absolute Gasteiger partial charge is 0.00820 e. The number of allylic oxidation sites excluding steroid dienone is 2. The summed E-state index contributed by atoms with van der Waals surface area (Å²) < 4.78 is 0. The minimum Gasteiger partial charge on any atom is -0.145 e. The molecule has 72 valence electrons. The summed E-state index contributed by atoms with van der Waals surface area (Å²) in [5, 5.41) is 0. The van der Waals surface area contributed by atoms with Crippen LogP contribution in [0.4, 0.5) is 0 Å². The SMILES string of the molecule is C/C=C\CC(CC)c1ccc(C)s1. The Labute approximate surface area is 85.3 Å². The van der Waals surface area contributed by atoms with Crippen molar-refractivity contribution >= 4 is 11.3 Å². The number of rotatable bonds is 4. The molecular formula is C12H18S. The van der Waals surface area contributed by atoms with Crippen LogP contribution in [0.15, 0.2) is 24.3 Å². The lowest BCUT2D eigenvalue weighted by molar-refractivity contribution is 0.686. The lowest BCUT2D eigenvalue weighted by atomic mass is 10.0. The van der Waals surface area contributed by atoms with Crippen molar-refractivity contribution in [2.45, 2.75) is 39.5 Å². The van der Waals surface area contributed by atoms with Crippen LogP contribution < -0.4 is 0 Å². The highest BCUT2D eigenvalue weighted by Crippen LogP contribution is 2.29. The van der Waals surface area contributed by atoms with Gasteiger partial charge in [0.2, 0.25) is 0 Å². The fraction of sp³-hybridized carbons (Fsp3) is 0.500. The van der Waals surface area contributed by atoms with Gasteiger partial charge in [0.05, 0.1) is 0 Å². The van der Waals surface area contributed by atoms with E-state index in [1.54, 1.807) is 0 Å². The maximum Gasteiger partial charge on any atom is 0.00820 e. The van der Waals surface area contributed by atoms with Gasteiger partial charge in [-0.25, -0.2) is 0 Å². The molecule has 1 aromatic rings. The van der Waals surface area contributed by atoms with Crippen molar-refractivity contribution in [3.63, 3.8) is 0 Å². The monoisotopic (exact) mass is 194 g/mol. The maximum atomic E-state index is 2.28. The molecule has 1 unspecified atom stereocenters. The van der Waals surface area contributed by atoms with Crippen LogP contribution in [0.1, 0.15) is 42.4 Å². The van der Waals surface area contributed by atoms with Gasteiger partial charge in [0.25, 0.3) is 0 Å². The van der Waals surface area contributed by atoms with Crippen molar-refractivity contribution in [3.8, 4) is 0 Å². The van der Waals surface area contributed by atoms with Crippen LogP contribution in [0.2, 0.25) is 0 Å². The predicted molar refractivity (Wildman–Crippen MR) is 61.5 cm³/mol. The molecule has 1 aromatic heterocycles. The van der Waals surface area contributed by atoms with E-state index in [9.17, 15) is 0 Å². The molecule has 0 nitrogen and oxygen atoms in total. The first-order chi connectivity index (χ1) is 6.27. The third kappa shape index (κ3) is 3.00. The molecule has 1 atom stereocenters. The van der Waals surface area contributed by atoms with Gasteiger partial charge in [-0.3, -0.25) is 0 Å². The number of hydrogen-bond acceptors (Lipinski definition) is 1. The topological polar surface area (TPSA) is 0 Å². The van der Waals surface area contributed by atoms with Crippen molar-refractivity contribution in [1.29, 1.82) is 0 Å². The molecule has 0 saturated carbocycles. The highest BCUT2D eigenvalue weighted by Gasteiger charge is 2.08. The molecule has 0 aliphatic rings. The molecule has 0 bridgehead atoms. The van der Waals surface area contributed by atoms with Gasteiger partial charge in [-0.2, -0.15) is 0 Å². The van der Waals surface area contributed by atoms with Crippen LogP contribution in [0.3, 0.4) is 0 Å². The van der Waals surface area contributed by atoms with E-state index in [0.29, 0.717) is 0 Å². The second-order valence-electron chi connectivity index (χ2n) is 3.36. The minimum absolute atomic E-state index is 0.731. The van der Waals surface area contributed by atoms with E-state index in [1.807, 2.05) is 11.3 Å². The van der Waals surface area contributed by atoms with Crippen molar-refractivity contribution < 1.29 is 0 Å². The van der Waals surface area contributed by atoms with Crippen LogP contribution in [0.25, 0.3) is 0 Å². The molecule has 0 N–H and O–H groups in total. The van der Waals surface area contributed by atoms with Crippen LogP contribution >= 0.6 is 11.3 Å². The molecule has 13 heavy (non-hydrogen) atoms. The van der Waals surface area contributed by atoms with Crippen molar-refractivity contribution in [3.05, 3.63) is 34.0 Å². The van der Waals surface area contributed by atoms with Gasteiger partial charge in [0, 0.05) is 9.75 Å². The average Bonchev–Trinajstić information content (AvgIpc) is 2.54. The lowest BCUT2D eigenvalue weighted by Crippen LogP contribution is -1.91. The van der Waals surface area contributed by atoms with E-state index in [1.165, 1.54) is 22.6 Å². The minimum atomic E-state index is 0.731. The molecule has 0 aliphatic heterocycles. The Morgan fingerprint density at radius 2 is 2.23 bits per heavy atom.